The average molecular weight is 332 g/mol. The van der Waals surface area contributed by atoms with E-state index < -0.39 is 0 Å². The molecule has 0 radical (unpaired) electrons. The number of hydrogen-bond donors (Lipinski definition) is 3. The minimum Gasteiger partial charge on any atom is -0.489 e. The minimum atomic E-state index is -0.326. The third-order valence-corrected chi connectivity index (χ3v) is 3.50. The molecule has 0 aliphatic heterocycles. The second-order valence-electron chi connectivity index (χ2n) is 5.76. The quantitative estimate of drug-likeness (QED) is 0.585. The van der Waals surface area contributed by atoms with Gasteiger partial charge in [-0.05, 0) is 30.7 Å². The lowest BCUT2D eigenvalue weighted by atomic mass is 10.2. The molecule has 0 saturated heterocycles. The van der Waals surface area contributed by atoms with Crippen LogP contribution < -0.4 is 15.4 Å². The molecule has 4 nitrogen and oxygen atoms in total. The van der Waals surface area contributed by atoms with Gasteiger partial charge in [0.15, 0.2) is 0 Å². The van der Waals surface area contributed by atoms with Gasteiger partial charge in [0.1, 0.15) is 18.2 Å². The van der Waals surface area contributed by atoms with E-state index in [1.165, 1.54) is 6.07 Å². The standard InChI is InChI=1S/C19H25FN2O2/c1-15(23)12-21-9-10-22-13-16-5-4-7-18(11-16)24-14-17-6-2-3-8-19(17)20/h2-8,11,15,21-23H,9-10,12-14H2,1H3. The van der Waals surface area contributed by atoms with Crippen molar-refractivity contribution in [2.45, 2.75) is 26.2 Å². The SMILES string of the molecule is CC(O)CNCCNCc1cccc(OCc2ccccc2F)c1. The van der Waals surface area contributed by atoms with Gasteiger partial charge in [0, 0.05) is 31.7 Å². The van der Waals surface area contributed by atoms with Gasteiger partial charge < -0.3 is 20.5 Å². The Bertz CT molecular complexity index is 620. The van der Waals surface area contributed by atoms with Crippen LogP contribution in [0.2, 0.25) is 0 Å². The van der Waals surface area contributed by atoms with Gasteiger partial charge in [-0.15, -0.1) is 0 Å². The lowest BCUT2D eigenvalue weighted by molar-refractivity contribution is 0.191. The van der Waals surface area contributed by atoms with E-state index in [1.54, 1.807) is 25.1 Å². The first-order valence-corrected chi connectivity index (χ1v) is 8.20. The van der Waals surface area contributed by atoms with Crippen LogP contribution in [-0.2, 0) is 13.2 Å². The summed E-state index contributed by atoms with van der Waals surface area (Å²) in [6.45, 7) is 4.91. The zero-order valence-corrected chi connectivity index (χ0v) is 14.0. The first-order valence-electron chi connectivity index (χ1n) is 8.20. The molecular weight excluding hydrogens is 307 g/mol. The lowest BCUT2D eigenvalue weighted by Gasteiger charge is -2.10. The van der Waals surface area contributed by atoms with Gasteiger partial charge in [-0.1, -0.05) is 30.3 Å². The van der Waals surface area contributed by atoms with E-state index >= 15 is 0 Å². The normalized spacial score (nSPS) is 12.1. The molecular formula is C19H25FN2O2. The molecule has 0 bridgehead atoms. The number of nitrogens with one attached hydrogen (secondary N) is 2. The molecule has 5 heteroatoms. The first kappa shape index (κ1) is 18.4. The monoisotopic (exact) mass is 332 g/mol. The molecule has 24 heavy (non-hydrogen) atoms. The molecule has 0 aliphatic carbocycles. The van der Waals surface area contributed by atoms with Crippen molar-refractivity contribution in [3.05, 3.63) is 65.5 Å². The van der Waals surface area contributed by atoms with Crippen molar-refractivity contribution in [1.29, 1.82) is 0 Å². The van der Waals surface area contributed by atoms with Crippen molar-refractivity contribution in [3.8, 4) is 5.75 Å². The number of benzene rings is 2. The second-order valence-corrected chi connectivity index (χ2v) is 5.76. The largest absolute Gasteiger partial charge is 0.489 e. The van der Waals surface area contributed by atoms with Crippen molar-refractivity contribution in [2.75, 3.05) is 19.6 Å². The number of halogens is 1. The Kier molecular flexibility index (Phi) is 7.68. The maximum absolute atomic E-state index is 13.6. The van der Waals surface area contributed by atoms with Crippen LogP contribution in [-0.4, -0.2) is 30.8 Å². The van der Waals surface area contributed by atoms with Crippen molar-refractivity contribution in [2.24, 2.45) is 0 Å². The molecule has 0 fully saturated rings. The average Bonchev–Trinajstić information content (AvgIpc) is 2.57. The van der Waals surface area contributed by atoms with Gasteiger partial charge in [0.25, 0.3) is 0 Å². The number of rotatable bonds is 10. The van der Waals surface area contributed by atoms with Gasteiger partial charge >= 0.3 is 0 Å². The van der Waals surface area contributed by atoms with Gasteiger partial charge in [0.05, 0.1) is 6.10 Å². The van der Waals surface area contributed by atoms with E-state index in [1.807, 2.05) is 24.3 Å². The highest BCUT2D eigenvalue weighted by molar-refractivity contribution is 5.29. The van der Waals surface area contributed by atoms with Gasteiger partial charge in [-0.25, -0.2) is 4.39 Å². The molecule has 3 N–H and O–H groups in total. The molecule has 0 spiro atoms. The van der Waals surface area contributed by atoms with Gasteiger partial charge in [0.2, 0.25) is 0 Å². The maximum atomic E-state index is 13.6. The molecule has 2 rings (SSSR count). The smallest absolute Gasteiger partial charge is 0.129 e. The Morgan fingerprint density at radius 3 is 2.67 bits per heavy atom. The molecule has 0 saturated carbocycles. The van der Waals surface area contributed by atoms with E-state index in [2.05, 4.69) is 10.6 Å². The van der Waals surface area contributed by atoms with Crippen LogP contribution in [0.25, 0.3) is 0 Å². The highest BCUT2D eigenvalue weighted by atomic mass is 19.1. The fraction of sp³-hybridized carbons (Fsp3) is 0.368. The Morgan fingerprint density at radius 1 is 1.08 bits per heavy atom. The highest BCUT2D eigenvalue weighted by Crippen LogP contribution is 2.16. The van der Waals surface area contributed by atoms with Crippen LogP contribution >= 0.6 is 0 Å². The zero-order chi connectivity index (χ0) is 17.2. The van der Waals surface area contributed by atoms with E-state index in [0.717, 1.165) is 30.9 Å². The molecule has 2 aromatic rings. The summed E-state index contributed by atoms with van der Waals surface area (Å²) in [6.07, 6.45) is -0.326. The van der Waals surface area contributed by atoms with Crippen LogP contribution in [0.15, 0.2) is 48.5 Å². The topological polar surface area (TPSA) is 53.5 Å². The fourth-order valence-corrected chi connectivity index (χ4v) is 2.24. The molecule has 2 aromatic carbocycles. The maximum Gasteiger partial charge on any atom is 0.129 e. The minimum absolute atomic E-state index is 0.215. The van der Waals surface area contributed by atoms with Gasteiger partial charge in [-0.3, -0.25) is 0 Å². The number of aliphatic hydroxyl groups is 1. The second kappa shape index (κ2) is 10.0. The van der Waals surface area contributed by atoms with E-state index in [0.29, 0.717) is 12.1 Å². The lowest BCUT2D eigenvalue weighted by Crippen LogP contribution is -2.31. The molecule has 0 heterocycles. The van der Waals surface area contributed by atoms with Crippen LogP contribution in [0.1, 0.15) is 18.1 Å². The van der Waals surface area contributed by atoms with E-state index in [4.69, 9.17) is 9.84 Å². The van der Waals surface area contributed by atoms with Crippen molar-refractivity contribution >= 4 is 0 Å². The van der Waals surface area contributed by atoms with E-state index in [-0.39, 0.29) is 18.5 Å². The molecule has 0 aliphatic rings. The molecule has 0 aromatic heterocycles. The number of ether oxygens (including phenoxy) is 1. The summed E-state index contributed by atoms with van der Waals surface area (Å²) < 4.78 is 19.3. The molecule has 1 atom stereocenters. The third-order valence-electron chi connectivity index (χ3n) is 3.50. The zero-order valence-electron chi connectivity index (χ0n) is 14.0. The van der Waals surface area contributed by atoms with Gasteiger partial charge in [-0.2, -0.15) is 0 Å². The van der Waals surface area contributed by atoms with E-state index in [9.17, 15) is 4.39 Å². The predicted octanol–water partition coefficient (Wildman–Crippen LogP) is 2.46. The molecule has 0 amide bonds. The third kappa shape index (κ3) is 6.66. The summed E-state index contributed by atoms with van der Waals surface area (Å²) in [5.41, 5.74) is 1.65. The summed E-state index contributed by atoms with van der Waals surface area (Å²) in [4.78, 5) is 0. The predicted molar refractivity (Wildman–Crippen MR) is 93.4 cm³/mol. The van der Waals surface area contributed by atoms with Crippen molar-refractivity contribution in [1.82, 2.24) is 10.6 Å². The van der Waals surface area contributed by atoms with Crippen LogP contribution in [0.4, 0.5) is 4.39 Å². The Balaban J connectivity index is 1.74. The van der Waals surface area contributed by atoms with Crippen LogP contribution in [0.5, 0.6) is 5.75 Å². The summed E-state index contributed by atoms with van der Waals surface area (Å²) >= 11 is 0. The number of hydrogen-bond acceptors (Lipinski definition) is 4. The summed E-state index contributed by atoms with van der Waals surface area (Å²) in [6, 6.07) is 14.4. The molecule has 130 valence electrons. The Labute approximate surface area is 142 Å². The summed E-state index contributed by atoms with van der Waals surface area (Å²) in [7, 11) is 0. The first-order chi connectivity index (χ1) is 11.6. The summed E-state index contributed by atoms with van der Waals surface area (Å²) in [5.74, 6) is 0.477. The highest BCUT2D eigenvalue weighted by Gasteiger charge is 2.02. The van der Waals surface area contributed by atoms with Crippen LogP contribution in [0.3, 0.4) is 0 Å². The fourth-order valence-electron chi connectivity index (χ4n) is 2.24. The van der Waals surface area contributed by atoms with Crippen LogP contribution in [0, 0.1) is 5.82 Å². The summed E-state index contributed by atoms with van der Waals surface area (Å²) in [5, 5.41) is 15.6. The number of aliphatic hydroxyl groups excluding tert-OH is 1. The molecule has 1 unspecified atom stereocenters. The van der Waals surface area contributed by atoms with Crippen molar-refractivity contribution in [3.63, 3.8) is 0 Å². The Morgan fingerprint density at radius 2 is 1.88 bits per heavy atom. The Hall–Kier alpha value is -1.95. The van der Waals surface area contributed by atoms with Crippen molar-refractivity contribution < 1.29 is 14.2 Å².